The summed E-state index contributed by atoms with van der Waals surface area (Å²) >= 11 is 1.54. The molecule has 0 radical (unpaired) electrons. The van der Waals surface area contributed by atoms with Crippen LogP contribution in [0.5, 0.6) is 0 Å². The minimum absolute atomic E-state index is 0.191. The smallest absolute Gasteiger partial charge is 0.325 e. The highest BCUT2D eigenvalue weighted by Crippen LogP contribution is 2.43. The Labute approximate surface area is 123 Å². The van der Waals surface area contributed by atoms with Crippen LogP contribution in [0.1, 0.15) is 6.42 Å². The van der Waals surface area contributed by atoms with Crippen molar-refractivity contribution < 1.29 is 18.0 Å². The van der Waals surface area contributed by atoms with Crippen LogP contribution in [0.2, 0.25) is 0 Å². The maximum atomic E-state index is 13.3. The molecule has 7 heteroatoms. The van der Waals surface area contributed by atoms with Crippen LogP contribution in [-0.4, -0.2) is 25.2 Å². The van der Waals surface area contributed by atoms with Crippen molar-refractivity contribution in [2.45, 2.75) is 12.6 Å². The first-order valence-electron chi connectivity index (χ1n) is 6.49. The number of halogens is 3. The molecule has 0 aliphatic carbocycles. The van der Waals surface area contributed by atoms with E-state index in [1.165, 1.54) is 0 Å². The van der Waals surface area contributed by atoms with E-state index in [0.29, 0.717) is 5.69 Å². The van der Waals surface area contributed by atoms with Crippen molar-refractivity contribution in [2.24, 2.45) is 5.41 Å². The number of carbonyl (C=O) groups is 1. The van der Waals surface area contributed by atoms with Crippen LogP contribution >= 0.6 is 11.3 Å². The van der Waals surface area contributed by atoms with E-state index in [2.05, 4.69) is 10.6 Å². The summed E-state index contributed by atoms with van der Waals surface area (Å²) in [6, 6.07) is 6.98. The van der Waals surface area contributed by atoms with Gasteiger partial charge in [-0.05, 0) is 48.0 Å². The molecule has 2 heterocycles. The lowest BCUT2D eigenvalue weighted by Gasteiger charge is -2.29. The zero-order chi connectivity index (χ0) is 15.1. The van der Waals surface area contributed by atoms with Crippen molar-refractivity contribution in [3.05, 3.63) is 29.6 Å². The van der Waals surface area contributed by atoms with Gasteiger partial charge in [-0.25, -0.2) is 0 Å². The van der Waals surface area contributed by atoms with E-state index in [1.54, 1.807) is 29.5 Å². The van der Waals surface area contributed by atoms with Crippen LogP contribution in [0.25, 0.3) is 10.1 Å². The fourth-order valence-electron chi connectivity index (χ4n) is 2.55. The van der Waals surface area contributed by atoms with Crippen LogP contribution in [0.15, 0.2) is 29.6 Å². The molecule has 0 saturated carbocycles. The number of nitrogens with one attached hydrogen (secondary N) is 2. The van der Waals surface area contributed by atoms with Gasteiger partial charge in [0, 0.05) is 16.9 Å². The van der Waals surface area contributed by atoms with Gasteiger partial charge in [0.2, 0.25) is 5.91 Å². The number of benzene rings is 1. The summed E-state index contributed by atoms with van der Waals surface area (Å²) < 4.78 is 40.8. The number of hydrogen-bond acceptors (Lipinski definition) is 3. The molecular formula is C14H13F3N2OS. The van der Waals surface area contributed by atoms with Gasteiger partial charge in [0.25, 0.3) is 0 Å². The van der Waals surface area contributed by atoms with Gasteiger partial charge in [0.05, 0.1) is 0 Å². The fraction of sp³-hybridized carbons (Fsp3) is 0.357. The molecule has 1 atom stereocenters. The third-order valence-corrected chi connectivity index (χ3v) is 4.74. The first kappa shape index (κ1) is 14.3. The highest BCUT2D eigenvalue weighted by molar-refractivity contribution is 7.17. The Morgan fingerprint density at radius 3 is 2.81 bits per heavy atom. The van der Waals surface area contributed by atoms with E-state index in [4.69, 9.17) is 0 Å². The highest BCUT2D eigenvalue weighted by Gasteiger charge is 2.61. The average Bonchev–Trinajstić information content (AvgIpc) is 3.07. The molecule has 2 aromatic rings. The molecule has 1 aliphatic rings. The molecule has 3 nitrogen and oxygen atoms in total. The molecular weight excluding hydrogens is 301 g/mol. The van der Waals surface area contributed by atoms with E-state index < -0.39 is 17.5 Å². The van der Waals surface area contributed by atoms with Crippen molar-refractivity contribution in [2.75, 3.05) is 18.4 Å². The van der Waals surface area contributed by atoms with Gasteiger partial charge in [-0.3, -0.25) is 4.79 Å². The summed E-state index contributed by atoms with van der Waals surface area (Å²) in [7, 11) is 0. The second-order valence-electron chi connectivity index (χ2n) is 5.13. The lowest BCUT2D eigenvalue weighted by molar-refractivity contribution is -0.213. The molecule has 1 saturated heterocycles. The van der Waals surface area contributed by atoms with E-state index in [0.717, 1.165) is 10.1 Å². The number of hydrogen-bond donors (Lipinski definition) is 2. The summed E-state index contributed by atoms with van der Waals surface area (Å²) in [6.07, 6.45) is -4.80. The Morgan fingerprint density at radius 2 is 2.14 bits per heavy atom. The number of amides is 1. The van der Waals surface area contributed by atoms with Crippen molar-refractivity contribution in [3.63, 3.8) is 0 Å². The second kappa shape index (κ2) is 4.99. The van der Waals surface area contributed by atoms with Crippen molar-refractivity contribution in [1.29, 1.82) is 0 Å². The molecule has 1 aromatic carbocycles. The normalized spacial score (nSPS) is 22.6. The van der Waals surface area contributed by atoms with Gasteiger partial charge in [0.15, 0.2) is 5.41 Å². The van der Waals surface area contributed by atoms with E-state index in [1.807, 2.05) is 11.4 Å². The maximum Gasteiger partial charge on any atom is 0.404 e. The molecule has 2 N–H and O–H groups in total. The Bertz CT molecular complexity index is 674. The van der Waals surface area contributed by atoms with Crippen LogP contribution in [0, 0.1) is 5.41 Å². The van der Waals surface area contributed by atoms with E-state index in [9.17, 15) is 18.0 Å². The quantitative estimate of drug-likeness (QED) is 0.892. The van der Waals surface area contributed by atoms with Gasteiger partial charge < -0.3 is 10.6 Å². The van der Waals surface area contributed by atoms with Crippen LogP contribution < -0.4 is 10.6 Å². The highest BCUT2D eigenvalue weighted by atomic mass is 32.1. The number of thiophene rings is 1. The standard InChI is InChI=1S/C14H13F3N2OS/c15-14(16,17)13(4-5-18-8-13)12(20)19-10-1-2-11-9(7-10)3-6-21-11/h1-3,6-7,18H,4-5,8H2,(H,19,20). The first-order chi connectivity index (χ1) is 9.92. The number of fused-ring (bicyclic) bond motifs is 1. The van der Waals surface area contributed by atoms with Crippen molar-refractivity contribution in [1.82, 2.24) is 5.32 Å². The van der Waals surface area contributed by atoms with Crippen LogP contribution in [0.3, 0.4) is 0 Å². The molecule has 3 rings (SSSR count). The van der Waals surface area contributed by atoms with Gasteiger partial charge in [-0.15, -0.1) is 11.3 Å². The molecule has 1 fully saturated rings. The van der Waals surface area contributed by atoms with E-state index in [-0.39, 0.29) is 19.5 Å². The molecule has 1 aliphatic heterocycles. The van der Waals surface area contributed by atoms with Gasteiger partial charge >= 0.3 is 6.18 Å². The molecule has 0 spiro atoms. The molecule has 21 heavy (non-hydrogen) atoms. The largest absolute Gasteiger partial charge is 0.404 e. The maximum absolute atomic E-state index is 13.3. The van der Waals surface area contributed by atoms with Gasteiger partial charge in [0.1, 0.15) is 0 Å². The average molecular weight is 314 g/mol. The van der Waals surface area contributed by atoms with E-state index >= 15 is 0 Å². The topological polar surface area (TPSA) is 41.1 Å². The lowest BCUT2D eigenvalue weighted by atomic mass is 9.85. The SMILES string of the molecule is O=C(Nc1ccc2sccc2c1)C1(C(F)(F)F)CCNC1. The first-order valence-corrected chi connectivity index (χ1v) is 7.36. The Morgan fingerprint density at radius 1 is 1.33 bits per heavy atom. The Balaban J connectivity index is 1.87. The Hall–Kier alpha value is -1.60. The van der Waals surface area contributed by atoms with Crippen molar-refractivity contribution >= 4 is 33.0 Å². The van der Waals surface area contributed by atoms with Crippen molar-refractivity contribution in [3.8, 4) is 0 Å². The number of alkyl halides is 3. The third kappa shape index (κ3) is 2.40. The third-order valence-electron chi connectivity index (χ3n) is 3.84. The molecule has 112 valence electrons. The van der Waals surface area contributed by atoms with Gasteiger partial charge in [-0.1, -0.05) is 0 Å². The second-order valence-corrected chi connectivity index (χ2v) is 6.08. The summed E-state index contributed by atoms with van der Waals surface area (Å²) in [5, 5.41) is 7.85. The summed E-state index contributed by atoms with van der Waals surface area (Å²) in [4.78, 5) is 12.2. The van der Waals surface area contributed by atoms with Gasteiger partial charge in [-0.2, -0.15) is 13.2 Å². The van der Waals surface area contributed by atoms with Crippen LogP contribution in [0.4, 0.5) is 18.9 Å². The predicted octanol–water partition coefficient (Wildman–Crippen LogP) is 3.38. The lowest BCUT2D eigenvalue weighted by Crippen LogP contribution is -2.49. The summed E-state index contributed by atoms with van der Waals surface area (Å²) in [5.74, 6) is -0.991. The predicted molar refractivity (Wildman–Crippen MR) is 76.4 cm³/mol. The molecule has 0 bridgehead atoms. The molecule has 1 aromatic heterocycles. The molecule has 1 unspecified atom stereocenters. The van der Waals surface area contributed by atoms with Crippen LogP contribution in [-0.2, 0) is 4.79 Å². The number of carbonyl (C=O) groups excluding carboxylic acids is 1. The fourth-order valence-corrected chi connectivity index (χ4v) is 3.32. The summed E-state index contributed by atoms with van der Waals surface area (Å²) in [5.41, 5.74) is -1.95. The number of anilines is 1. The minimum Gasteiger partial charge on any atom is -0.325 e. The monoisotopic (exact) mass is 314 g/mol. The Kier molecular flexibility index (Phi) is 3.41. The summed E-state index contributed by atoms with van der Waals surface area (Å²) in [6.45, 7) is -0.181. The number of rotatable bonds is 2. The zero-order valence-corrected chi connectivity index (χ0v) is 11.8. The molecule has 1 amide bonds. The minimum atomic E-state index is -4.56. The zero-order valence-electron chi connectivity index (χ0n) is 11.0.